The standard InChI is InChI=1S/C11H26N4/c1-12-5-6-13-7-8-14-9-10-15-11-3-2-4-11/h11-15H,2-10H2,1H3. The first-order valence-electron chi connectivity index (χ1n) is 6.23. The summed E-state index contributed by atoms with van der Waals surface area (Å²) in [5.41, 5.74) is 0. The van der Waals surface area contributed by atoms with Crippen LogP contribution < -0.4 is 21.3 Å². The smallest absolute Gasteiger partial charge is 0.00793 e. The van der Waals surface area contributed by atoms with E-state index in [9.17, 15) is 0 Å². The first-order valence-corrected chi connectivity index (χ1v) is 6.23. The predicted octanol–water partition coefficient (Wildman–Crippen LogP) is -0.473. The van der Waals surface area contributed by atoms with E-state index in [1.54, 1.807) is 0 Å². The highest BCUT2D eigenvalue weighted by atomic mass is 15.0. The largest absolute Gasteiger partial charge is 0.318 e. The van der Waals surface area contributed by atoms with Crippen LogP contribution in [0.2, 0.25) is 0 Å². The fourth-order valence-corrected chi connectivity index (χ4v) is 1.62. The molecule has 0 heterocycles. The molecule has 1 saturated carbocycles. The predicted molar refractivity (Wildman–Crippen MR) is 65.3 cm³/mol. The molecule has 90 valence electrons. The zero-order valence-corrected chi connectivity index (χ0v) is 9.94. The van der Waals surface area contributed by atoms with E-state index in [-0.39, 0.29) is 0 Å². The van der Waals surface area contributed by atoms with Crippen molar-refractivity contribution < 1.29 is 0 Å². The summed E-state index contributed by atoms with van der Waals surface area (Å²) in [4.78, 5) is 0. The second kappa shape index (κ2) is 9.09. The van der Waals surface area contributed by atoms with Crippen LogP contribution in [0.1, 0.15) is 19.3 Å². The Bertz CT molecular complexity index is 137. The Balaban J connectivity index is 1.66. The zero-order chi connectivity index (χ0) is 10.8. The molecule has 0 amide bonds. The number of hydrogen-bond acceptors (Lipinski definition) is 4. The van der Waals surface area contributed by atoms with Crippen molar-refractivity contribution in [3.63, 3.8) is 0 Å². The molecule has 0 aromatic rings. The molecule has 0 aliphatic heterocycles. The molecule has 0 unspecified atom stereocenters. The molecule has 1 aliphatic rings. The summed E-state index contributed by atoms with van der Waals surface area (Å²) in [5, 5.41) is 13.4. The van der Waals surface area contributed by atoms with Gasteiger partial charge in [0.15, 0.2) is 0 Å². The minimum Gasteiger partial charge on any atom is -0.318 e. The molecule has 4 N–H and O–H groups in total. The quantitative estimate of drug-likeness (QED) is 0.371. The van der Waals surface area contributed by atoms with E-state index in [4.69, 9.17) is 0 Å². The molecule has 1 aliphatic carbocycles. The maximum absolute atomic E-state index is 3.54. The molecule has 0 radical (unpaired) electrons. The van der Waals surface area contributed by atoms with Gasteiger partial charge in [-0.3, -0.25) is 0 Å². The second-order valence-electron chi connectivity index (χ2n) is 4.19. The molecular weight excluding hydrogens is 188 g/mol. The number of rotatable bonds is 10. The van der Waals surface area contributed by atoms with Crippen LogP contribution in [0.5, 0.6) is 0 Å². The lowest BCUT2D eigenvalue weighted by molar-refractivity contribution is 0.339. The molecule has 0 atom stereocenters. The molecule has 0 saturated heterocycles. The average Bonchev–Trinajstić information content (AvgIpc) is 2.18. The minimum absolute atomic E-state index is 0.820. The fraction of sp³-hybridized carbons (Fsp3) is 1.00. The highest BCUT2D eigenvalue weighted by molar-refractivity contribution is 4.76. The van der Waals surface area contributed by atoms with Gasteiger partial charge in [-0.1, -0.05) is 6.42 Å². The van der Waals surface area contributed by atoms with Gasteiger partial charge in [0.05, 0.1) is 0 Å². The summed E-state index contributed by atoms with van der Waals surface area (Å²) in [6.45, 7) is 6.42. The molecule has 4 nitrogen and oxygen atoms in total. The highest BCUT2D eigenvalue weighted by Crippen LogP contribution is 2.17. The van der Waals surface area contributed by atoms with Gasteiger partial charge in [0.2, 0.25) is 0 Å². The molecule has 1 fully saturated rings. The lowest BCUT2D eigenvalue weighted by atomic mass is 9.93. The van der Waals surface area contributed by atoms with Gasteiger partial charge in [-0.2, -0.15) is 0 Å². The maximum atomic E-state index is 3.54. The molecule has 0 spiro atoms. The first-order chi connectivity index (χ1) is 7.43. The Morgan fingerprint density at radius 3 is 2.00 bits per heavy atom. The van der Waals surface area contributed by atoms with Crippen molar-refractivity contribution in [2.75, 3.05) is 46.3 Å². The van der Waals surface area contributed by atoms with Gasteiger partial charge in [0.25, 0.3) is 0 Å². The molecule has 1 rings (SSSR count). The number of nitrogens with one attached hydrogen (secondary N) is 4. The van der Waals surface area contributed by atoms with Gasteiger partial charge < -0.3 is 21.3 Å². The molecule has 0 aromatic carbocycles. The van der Waals surface area contributed by atoms with E-state index in [0.29, 0.717) is 0 Å². The Labute approximate surface area is 93.6 Å². The lowest BCUT2D eigenvalue weighted by Crippen LogP contribution is -2.40. The van der Waals surface area contributed by atoms with Crippen molar-refractivity contribution in [2.24, 2.45) is 0 Å². The molecule has 0 aromatic heterocycles. The summed E-state index contributed by atoms with van der Waals surface area (Å²) in [5.74, 6) is 0. The highest BCUT2D eigenvalue weighted by Gasteiger charge is 2.15. The van der Waals surface area contributed by atoms with Crippen LogP contribution in [-0.2, 0) is 0 Å². The van der Waals surface area contributed by atoms with Crippen molar-refractivity contribution in [3.05, 3.63) is 0 Å². The van der Waals surface area contributed by atoms with E-state index in [1.807, 2.05) is 7.05 Å². The van der Waals surface area contributed by atoms with Gasteiger partial charge in [0, 0.05) is 45.3 Å². The summed E-state index contributed by atoms with van der Waals surface area (Å²) >= 11 is 0. The van der Waals surface area contributed by atoms with Crippen molar-refractivity contribution in [2.45, 2.75) is 25.3 Å². The molecular formula is C11H26N4. The Kier molecular flexibility index (Phi) is 7.83. The van der Waals surface area contributed by atoms with E-state index < -0.39 is 0 Å². The number of likely N-dealkylation sites (N-methyl/N-ethyl adjacent to an activating group) is 1. The zero-order valence-electron chi connectivity index (χ0n) is 9.94. The Morgan fingerprint density at radius 1 is 0.867 bits per heavy atom. The molecule has 15 heavy (non-hydrogen) atoms. The maximum Gasteiger partial charge on any atom is 0.00793 e. The first kappa shape index (κ1) is 12.9. The van der Waals surface area contributed by atoms with Crippen LogP contribution in [0, 0.1) is 0 Å². The van der Waals surface area contributed by atoms with Gasteiger partial charge in [-0.15, -0.1) is 0 Å². The van der Waals surface area contributed by atoms with Gasteiger partial charge in [-0.25, -0.2) is 0 Å². The van der Waals surface area contributed by atoms with Crippen LogP contribution in [0.3, 0.4) is 0 Å². The van der Waals surface area contributed by atoms with Crippen LogP contribution in [0.15, 0.2) is 0 Å². The topological polar surface area (TPSA) is 48.1 Å². The Morgan fingerprint density at radius 2 is 1.47 bits per heavy atom. The van der Waals surface area contributed by atoms with Gasteiger partial charge >= 0.3 is 0 Å². The van der Waals surface area contributed by atoms with Crippen molar-refractivity contribution in [3.8, 4) is 0 Å². The van der Waals surface area contributed by atoms with E-state index in [0.717, 1.165) is 45.3 Å². The van der Waals surface area contributed by atoms with Gasteiger partial charge in [0.1, 0.15) is 0 Å². The molecule has 4 heteroatoms. The van der Waals surface area contributed by atoms with Crippen LogP contribution >= 0.6 is 0 Å². The van der Waals surface area contributed by atoms with Crippen molar-refractivity contribution >= 4 is 0 Å². The van der Waals surface area contributed by atoms with Crippen molar-refractivity contribution in [1.29, 1.82) is 0 Å². The SMILES string of the molecule is CNCCNCCNCCNC1CCC1. The second-order valence-corrected chi connectivity index (χ2v) is 4.19. The third-order valence-corrected chi connectivity index (χ3v) is 2.87. The molecule has 0 bridgehead atoms. The summed E-state index contributed by atoms with van der Waals surface area (Å²) in [6.07, 6.45) is 4.18. The van der Waals surface area contributed by atoms with E-state index >= 15 is 0 Å². The summed E-state index contributed by atoms with van der Waals surface area (Å²) in [6, 6.07) is 0.820. The Hall–Kier alpha value is -0.160. The van der Waals surface area contributed by atoms with Crippen LogP contribution in [-0.4, -0.2) is 52.4 Å². The van der Waals surface area contributed by atoms with Crippen LogP contribution in [0.4, 0.5) is 0 Å². The third kappa shape index (κ3) is 6.84. The third-order valence-electron chi connectivity index (χ3n) is 2.87. The van der Waals surface area contributed by atoms with Gasteiger partial charge in [-0.05, 0) is 19.9 Å². The monoisotopic (exact) mass is 214 g/mol. The normalized spacial score (nSPS) is 16.6. The lowest BCUT2D eigenvalue weighted by Gasteiger charge is -2.26. The summed E-state index contributed by atoms with van der Waals surface area (Å²) in [7, 11) is 1.98. The van der Waals surface area contributed by atoms with E-state index in [1.165, 1.54) is 19.3 Å². The number of hydrogen-bond donors (Lipinski definition) is 4. The summed E-state index contributed by atoms with van der Waals surface area (Å²) < 4.78 is 0. The average molecular weight is 214 g/mol. The van der Waals surface area contributed by atoms with E-state index in [2.05, 4.69) is 21.3 Å². The minimum atomic E-state index is 0.820. The van der Waals surface area contributed by atoms with Crippen molar-refractivity contribution in [1.82, 2.24) is 21.3 Å². The van der Waals surface area contributed by atoms with Crippen LogP contribution in [0.25, 0.3) is 0 Å². The fourth-order valence-electron chi connectivity index (χ4n) is 1.62.